The molecule has 2 aromatic carbocycles. The van der Waals surface area contributed by atoms with Crippen LogP contribution in [0.15, 0.2) is 36.4 Å². The van der Waals surface area contributed by atoms with Crippen molar-refractivity contribution in [1.82, 2.24) is 10.2 Å². The van der Waals surface area contributed by atoms with E-state index in [1.54, 1.807) is 20.3 Å². The number of morpholine rings is 1. The van der Waals surface area contributed by atoms with Crippen molar-refractivity contribution in [2.24, 2.45) is 0 Å². The van der Waals surface area contributed by atoms with Crippen LogP contribution in [0.2, 0.25) is 0 Å². The molecule has 0 aromatic heterocycles. The summed E-state index contributed by atoms with van der Waals surface area (Å²) >= 11 is 0. The summed E-state index contributed by atoms with van der Waals surface area (Å²) in [5.74, 6) is 2.95. The number of carbonyl (C=O) groups excluding carboxylic acids is 1. The molecule has 0 saturated carbocycles. The third-order valence-corrected chi connectivity index (χ3v) is 6.11. The van der Waals surface area contributed by atoms with Crippen LogP contribution in [0.25, 0.3) is 6.08 Å². The molecule has 0 spiro atoms. The monoisotopic (exact) mass is 498 g/mol. The molecule has 0 radical (unpaired) electrons. The van der Waals surface area contributed by atoms with Crippen molar-refractivity contribution in [3.63, 3.8) is 0 Å². The molecule has 1 unspecified atom stereocenters. The number of methoxy groups -OCH3 is 2. The van der Waals surface area contributed by atoms with Gasteiger partial charge >= 0.3 is 0 Å². The molecule has 2 heterocycles. The molecule has 1 N–H and O–H groups in total. The maximum Gasteiger partial charge on any atom is 0.244 e. The molecule has 9 heteroatoms. The van der Waals surface area contributed by atoms with Crippen LogP contribution in [0.4, 0.5) is 0 Å². The fraction of sp³-hybridized carbons (Fsp3) is 0.444. The Balaban J connectivity index is 1.47. The lowest BCUT2D eigenvalue weighted by atomic mass is 10.0. The standard InChI is InChI=1S/C27H34N2O7/c1-4-34-22-7-6-20(17-23(22)31-2)21(29-9-11-33-12-10-29)18-28-26(30)8-5-19-15-24(32-3)27-25(16-19)35-13-14-36-27/h5-8,15-17,21H,4,9-14,18H2,1-3H3,(H,28,30)/b8-5+. The Morgan fingerprint density at radius 3 is 2.56 bits per heavy atom. The van der Waals surface area contributed by atoms with Gasteiger partial charge in [0.1, 0.15) is 13.2 Å². The van der Waals surface area contributed by atoms with Crippen LogP contribution in [0.3, 0.4) is 0 Å². The number of amides is 1. The van der Waals surface area contributed by atoms with Crippen molar-refractivity contribution in [1.29, 1.82) is 0 Å². The molecule has 4 rings (SSSR count). The molecule has 36 heavy (non-hydrogen) atoms. The molecule has 2 aliphatic rings. The molecule has 1 amide bonds. The van der Waals surface area contributed by atoms with Gasteiger partial charge in [-0.3, -0.25) is 9.69 Å². The molecular weight excluding hydrogens is 464 g/mol. The van der Waals surface area contributed by atoms with Gasteiger partial charge in [0.15, 0.2) is 23.0 Å². The number of hydrogen-bond donors (Lipinski definition) is 1. The van der Waals surface area contributed by atoms with Gasteiger partial charge in [0.25, 0.3) is 0 Å². The quantitative estimate of drug-likeness (QED) is 0.500. The number of ether oxygens (including phenoxy) is 6. The van der Waals surface area contributed by atoms with E-state index >= 15 is 0 Å². The maximum atomic E-state index is 12.8. The first-order chi connectivity index (χ1) is 17.6. The fourth-order valence-electron chi connectivity index (χ4n) is 4.33. The van der Waals surface area contributed by atoms with Crippen molar-refractivity contribution >= 4 is 12.0 Å². The number of hydrogen-bond acceptors (Lipinski definition) is 8. The van der Waals surface area contributed by atoms with Crippen LogP contribution in [0.5, 0.6) is 28.7 Å². The van der Waals surface area contributed by atoms with E-state index in [-0.39, 0.29) is 11.9 Å². The molecule has 2 aromatic rings. The van der Waals surface area contributed by atoms with Crippen molar-refractivity contribution < 1.29 is 33.2 Å². The topological polar surface area (TPSA) is 87.7 Å². The van der Waals surface area contributed by atoms with Crippen LogP contribution in [0, 0.1) is 0 Å². The Hall–Kier alpha value is -3.43. The molecule has 1 fully saturated rings. The summed E-state index contributed by atoms with van der Waals surface area (Å²) in [6, 6.07) is 9.54. The third kappa shape index (κ3) is 6.22. The lowest BCUT2D eigenvalue weighted by Crippen LogP contribution is -2.43. The molecule has 9 nitrogen and oxygen atoms in total. The number of rotatable bonds is 10. The van der Waals surface area contributed by atoms with Gasteiger partial charge in [0.2, 0.25) is 11.7 Å². The first-order valence-electron chi connectivity index (χ1n) is 12.2. The highest BCUT2D eigenvalue weighted by Gasteiger charge is 2.24. The average molecular weight is 499 g/mol. The minimum Gasteiger partial charge on any atom is -0.493 e. The second kappa shape index (κ2) is 12.5. The highest BCUT2D eigenvalue weighted by molar-refractivity contribution is 5.92. The Morgan fingerprint density at radius 1 is 1.03 bits per heavy atom. The molecule has 1 saturated heterocycles. The van der Waals surface area contributed by atoms with Crippen LogP contribution >= 0.6 is 0 Å². The zero-order chi connectivity index (χ0) is 25.3. The van der Waals surface area contributed by atoms with Gasteiger partial charge in [0.05, 0.1) is 40.1 Å². The minimum absolute atomic E-state index is 0.0368. The largest absolute Gasteiger partial charge is 0.493 e. The number of fused-ring (bicyclic) bond motifs is 1. The van der Waals surface area contributed by atoms with E-state index in [2.05, 4.69) is 10.2 Å². The highest BCUT2D eigenvalue weighted by atomic mass is 16.6. The van der Waals surface area contributed by atoms with E-state index in [0.717, 1.165) is 24.2 Å². The Morgan fingerprint density at radius 2 is 1.81 bits per heavy atom. The summed E-state index contributed by atoms with van der Waals surface area (Å²) in [5, 5.41) is 3.05. The summed E-state index contributed by atoms with van der Waals surface area (Å²) < 4.78 is 33.5. The maximum absolute atomic E-state index is 12.8. The Labute approximate surface area is 211 Å². The van der Waals surface area contributed by atoms with Crippen molar-refractivity contribution in [2.45, 2.75) is 13.0 Å². The van der Waals surface area contributed by atoms with Crippen LogP contribution in [-0.4, -0.2) is 77.7 Å². The summed E-state index contributed by atoms with van der Waals surface area (Å²) in [5.41, 5.74) is 1.82. The number of nitrogens with one attached hydrogen (secondary N) is 1. The molecule has 1 atom stereocenters. The van der Waals surface area contributed by atoms with Crippen LogP contribution in [-0.2, 0) is 9.53 Å². The first-order valence-corrected chi connectivity index (χ1v) is 12.2. The molecular formula is C27H34N2O7. The number of carbonyl (C=O) groups is 1. The summed E-state index contributed by atoms with van der Waals surface area (Å²) in [6.07, 6.45) is 3.25. The van der Waals surface area contributed by atoms with Gasteiger partial charge < -0.3 is 33.7 Å². The smallest absolute Gasteiger partial charge is 0.244 e. The summed E-state index contributed by atoms with van der Waals surface area (Å²) in [7, 11) is 3.21. The van der Waals surface area contributed by atoms with E-state index < -0.39 is 0 Å². The first kappa shape index (κ1) is 25.7. The predicted molar refractivity (Wildman–Crippen MR) is 135 cm³/mol. The second-order valence-electron chi connectivity index (χ2n) is 8.33. The fourth-order valence-corrected chi connectivity index (χ4v) is 4.33. The Bertz CT molecular complexity index is 1050. The zero-order valence-electron chi connectivity index (χ0n) is 21.1. The van der Waals surface area contributed by atoms with Crippen LogP contribution in [0.1, 0.15) is 24.1 Å². The van der Waals surface area contributed by atoms with Gasteiger partial charge in [0, 0.05) is 25.7 Å². The third-order valence-electron chi connectivity index (χ3n) is 6.11. The van der Waals surface area contributed by atoms with Gasteiger partial charge in [-0.1, -0.05) is 6.07 Å². The van der Waals surface area contributed by atoms with Crippen molar-refractivity contribution in [3.05, 3.63) is 47.5 Å². The highest BCUT2D eigenvalue weighted by Crippen LogP contribution is 2.40. The van der Waals surface area contributed by atoms with E-state index in [9.17, 15) is 4.79 Å². The van der Waals surface area contributed by atoms with Gasteiger partial charge in [-0.25, -0.2) is 0 Å². The minimum atomic E-state index is -0.194. The number of nitrogens with zero attached hydrogens (tertiary/aromatic N) is 1. The predicted octanol–water partition coefficient (Wildman–Crippen LogP) is 3.08. The molecule has 0 bridgehead atoms. The summed E-state index contributed by atoms with van der Waals surface area (Å²) in [6.45, 7) is 6.76. The number of benzene rings is 2. The van der Waals surface area contributed by atoms with E-state index in [0.29, 0.717) is 68.3 Å². The van der Waals surface area contributed by atoms with Gasteiger partial charge in [-0.05, 0) is 48.4 Å². The Kier molecular flexibility index (Phi) is 8.91. The molecule has 194 valence electrons. The SMILES string of the molecule is CCOc1ccc(C(CNC(=O)/C=C/c2cc(OC)c3c(c2)OCCO3)N2CCOCC2)cc1OC. The molecule has 2 aliphatic heterocycles. The average Bonchev–Trinajstić information content (AvgIpc) is 2.92. The normalized spacial score (nSPS) is 16.4. The van der Waals surface area contributed by atoms with E-state index in [4.69, 9.17) is 28.4 Å². The van der Waals surface area contributed by atoms with E-state index in [1.165, 1.54) is 6.08 Å². The zero-order valence-corrected chi connectivity index (χ0v) is 21.1. The van der Waals surface area contributed by atoms with Gasteiger partial charge in [-0.2, -0.15) is 0 Å². The lowest BCUT2D eigenvalue weighted by molar-refractivity contribution is -0.116. The van der Waals surface area contributed by atoms with Crippen LogP contribution < -0.4 is 29.0 Å². The lowest BCUT2D eigenvalue weighted by Gasteiger charge is -2.35. The van der Waals surface area contributed by atoms with E-state index in [1.807, 2.05) is 37.3 Å². The van der Waals surface area contributed by atoms with Crippen molar-refractivity contribution in [3.8, 4) is 28.7 Å². The summed E-state index contributed by atoms with van der Waals surface area (Å²) in [4.78, 5) is 15.1. The molecule has 0 aliphatic carbocycles. The van der Waals surface area contributed by atoms with Gasteiger partial charge in [-0.15, -0.1) is 0 Å². The van der Waals surface area contributed by atoms with Crippen molar-refractivity contribution in [2.75, 3.05) is 66.9 Å². The second-order valence-corrected chi connectivity index (χ2v) is 8.33.